The van der Waals surface area contributed by atoms with Crippen molar-refractivity contribution in [3.63, 3.8) is 0 Å². The molecule has 1 aromatic rings. The van der Waals surface area contributed by atoms with Crippen LogP contribution < -0.4 is 5.32 Å². The van der Waals surface area contributed by atoms with Crippen LogP contribution in [-0.2, 0) is 0 Å². The molecule has 5 heteroatoms. The van der Waals surface area contributed by atoms with E-state index in [4.69, 9.17) is 0 Å². The first kappa shape index (κ1) is 16.3. The zero-order valence-electron chi connectivity index (χ0n) is 12.5. The van der Waals surface area contributed by atoms with E-state index in [1.54, 1.807) is 0 Å². The van der Waals surface area contributed by atoms with Crippen LogP contribution in [0, 0.1) is 17.6 Å². The summed E-state index contributed by atoms with van der Waals surface area (Å²) in [4.78, 5) is 2.42. The minimum Gasteiger partial charge on any atom is -0.387 e. The smallest absolute Gasteiger partial charge is 0.129 e. The Morgan fingerprint density at radius 2 is 2.05 bits per heavy atom. The number of piperidine rings is 1. The summed E-state index contributed by atoms with van der Waals surface area (Å²) in [6, 6.07) is 3.16. The highest BCUT2D eigenvalue weighted by atomic mass is 19.1. The number of rotatable bonds is 6. The molecule has 1 aromatic carbocycles. The molecular formula is C16H24F2N2O. The molecule has 0 saturated carbocycles. The molecule has 118 valence electrons. The molecule has 0 aliphatic carbocycles. The quantitative estimate of drug-likeness (QED) is 0.846. The van der Waals surface area contributed by atoms with Crippen LogP contribution in [0.2, 0.25) is 0 Å². The predicted octanol–water partition coefficient (Wildman–Crippen LogP) is 2.32. The number of halogens is 2. The van der Waals surface area contributed by atoms with Gasteiger partial charge in [0, 0.05) is 12.1 Å². The number of nitrogens with zero attached hydrogens (tertiary/aromatic N) is 1. The molecule has 0 amide bonds. The lowest BCUT2D eigenvalue weighted by Crippen LogP contribution is -2.37. The second-order valence-corrected chi connectivity index (χ2v) is 5.72. The van der Waals surface area contributed by atoms with Crippen LogP contribution >= 0.6 is 0 Å². The van der Waals surface area contributed by atoms with Gasteiger partial charge in [0.05, 0.1) is 6.10 Å². The van der Waals surface area contributed by atoms with Gasteiger partial charge < -0.3 is 15.3 Å². The standard InChI is InChI=1S/C16H24F2N2O/c1-2-20-7-5-12(6-8-20)10-19-11-16(21)14-9-13(17)3-4-15(14)18/h3-4,9,12,16,19,21H,2,5-8,10-11H2,1H3. The Kier molecular flexibility index (Phi) is 6.08. The van der Waals surface area contributed by atoms with Crippen LogP contribution in [0.3, 0.4) is 0 Å². The highest BCUT2D eigenvalue weighted by Gasteiger charge is 2.19. The van der Waals surface area contributed by atoms with Crippen molar-refractivity contribution >= 4 is 0 Å². The first-order valence-corrected chi connectivity index (χ1v) is 7.66. The number of aliphatic hydroxyl groups is 1. The lowest BCUT2D eigenvalue weighted by Gasteiger charge is -2.31. The van der Waals surface area contributed by atoms with Crippen LogP contribution in [0.1, 0.15) is 31.4 Å². The van der Waals surface area contributed by atoms with Crippen molar-refractivity contribution in [1.29, 1.82) is 0 Å². The minimum atomic E-state index is -1.02. The third-order valence-corrected chi connectivity index (χ3v) is 4.24. The molecule has 1 saturated heterocycles. The highest BCUT2D eigenvalue weighted by molar-refractivity contribution is 5.21. The number of hydrogen-bond acceptors (Lipinski definition) is 3. The summed E-state index contributed by atoms with van der Waals surface area (Å²) < 4.78 is 26.6. The van der Waals surface area contributed by atoms with Crippen molar-refractivity contribution in [3.8, 4) is 0 Å². The molecular weight excluding hydrogens is 274 g/mol. The van der Waals surface area contributed by atoms with Crippen molar-refractivity contribution in [2.45, 2.75) is 25.9 Å². The maximum Gasteiger partial charge on any atom is 0.129 e. The number of likely N-dealkylation sites (tertiary alicyclic amines) is 1. The Hall–Kier alpha value is -1.04. The third kappa shape index (κ3) is 4.73. The Morgan fingerprint density at radius 3 is 2.71 bits per heavy atom. The normalized spacial score (nSPS) is 18.9. The molecule has 1 aliphatic heterocycles. The van der Waals surface area contributed by atoms with Crippen LogP contribution in [0.5, 0.6) is 0 Å². The fourth-order valence-electron chi connectivity index (χ4n) is 2.81. The van der Waals surface area contributed by atoms with Gasteiger partial charge in [0.2, 0.25) is 0 Å². The van der Waals surface area contributed by atoms with E-state index in [0.29, 0.717) is 5.92 Å². The third-order valence-electron chi connectivity index (χ3n) is 4.24. The first-order valence-electron chi connectivity index (χ1n) is 7.66. The fraction of sp³-hybridized carbons (Fsp3) is 0.625. The molecule has 0 radical (unpaired) electrons. The molecule has 2 rings (SSSR count). The second-order valence-electron chi connectivity index (χ2n) is 5.72. The molecule has 3 nitrogen and oxygen atoms in total. The van der Waals surface area contributed by atoms with Crippen LogP contribution in [0.15, 0.2) is 18.2 Å². The van der Waals surface area contributed by atoms with Gasteiger partial charge in [0.15, 0.2) is 0 Å². The van der Waals surface area contributed by atoms with Crippen molar-refractivity contribution in [3.05, 3.63) is 35.4 Å². The van der Waals surface area contributed by atoms with E-state index in [9.17, 15) is 13.9 Å². The van der Waals surface area contributed by atoms with Crippen molar-refractivity contribution < 1.29 is 13.9 Å². The second kappa shape index (κ2) is 7.82. The summed E-state index contributed by atoms with van der Waals surface area (Å²) in [5.41, 5.74) is 0.0169. The van der Waals surface area contributed by atoms with E-state index in [2.05, 4.69) is 17.1 Å². The van der Waals surface area contributed by atoms with Gasteiger partial charge in [0.25, 0.3) is 0 Å². The Morgan fingerprint density at radius 1 is 1.33 bits per heavy atom. The summed E-state index contributed by atoms with van der Waals surface area (Å²) in [6.45, 7) is 6.55. The van der Waals surface area contributed by atoms with Gasteiger partial charge in [0.1, 0.15) is 11.6 Å². The Balaban J connectivity index is 1.74. The largest absolute Gasteiger partial charge is 0.387 e. The zero-order valence-corrected chi connectivity index (χ0v) is 12.5. The van der Waals surface area contributed by atoms with Gasteiger partial charge in [-0.05, 0) is 63.1 Å². The maximum atomic E-state index is 13.5. The molecule has 1 atom stereocenters. The predicted molar refractivity (Wildman–Crippen MR) is 79.0 cm³/mol. The molecule has 0 spiro atoms. The number of benzene rings is 1. The summed E-state index contributed by atoms with van der Waals surface area (Å²) in [5.74, 6) is -0.503. The van der Waals surface area contributed by atoms with Gasteiger partial charge in [-0.25, -0.2) is 8.78 Å². The highest BCUT2D eigenvalue weighted by Crippen LogP contribution is 2.19. The van der Waals surface area contributed by atoms with Crippen molar-refractivity contribution in [2.75, 3.05) is 32.7 Å². The molecule has 0 bridgehead atoms. The molecule has 2 N–H and O–H groups in total. The van der Waals surface area contributed by atoms with Crippen LogP contribution in [-0.4, -0.2) is 42.7 Å². The zero-order chi connectivity index (χ0) is 15.2. The molecule has 21 heavy (non-hydrogen) atoms. The number of aliphatic hydroxyl groups excluding tert-OH is 1. The SMILES string of the molecule is CCN1CCC(CNCC(O)c2cc(F)ccc2F)CC1. The number of hydrogen-bond donors (Lipinski definition) is 2. The minimum absolute atomic E-state index is 0.0169. The van der Waals surface area contributed by atoms with E-state index in [-0.39, 0.29) is 12.1 Å². The molecule has 1 fully saturated rings. The topological polar surface area (TPSA) is 35.5 Å². The van der Waals surface area contributed by atoms with Crippen LogP contribution in [0.25, 0.3) is 0 Å². The van der Waals surface area contributed by atoms with Crippen molar-refractivity contribution in [1.82, 2.24) is 10.2 Å². The summed E-state index contributed by atoms with van der Waals surface area (Å²) >= 11 is 0. The van der Waals surface area contributed by atoms with Gasteiger partial charge in [-0.2, -0.15) is 0 Å². The molecule has 0 aromatic heterocycles. The summed E-state index contributed by atoms with van der Waals surface area (Å²) in [6.07, 6.45) is 1.27. The monoisotopic (exact) mass is 298 g/mol. The summed E-state index contributed by atoms with van der Waals surface area (Å²) in [7, 11) is 0. The average Bonchev–Trinajstić information content (AvgIpc) is 2.50. The van der Waals surface area contributed by atoms with E-state index in [0.717, 1.165) is 57.2 Å². The average molecular weight is 298 g/mol. The summed E-state index contributed by atoms with van der Waals surface area (Å²) in [5, 5.41) is 13.1. The lowest BCUT2D eigenvalue weighted by molar-refractivity contribution is 0.157. The van der Waals surface area contributed by atoms with Crippen LogP contribution in [0.4, 0.5) is 8.78 Å². The van der Waals surface area contributed by atoms with Crippen molar-refractivity contribution in [2.24, 2.45) is 5.92 Å². The van der Waals surface area contributed by atoms with E-state index >= 15 is 0 Å². The number of nitrogens with one attached hydrogen (secondary N) is 1. The maximum absolute atomic E-state index is 13.5. The molecule has 1 heterocycles. The van der Waals surface area contributed by atoms with E-state index in [1.807, 2.05) is 0 Å². The van der Waals surface area contributed by atoms with Gasteiger partial charge >= 0.3 is 0 Å². The van der Waals surface area contributed by atoms with E-state index in [1.165, 1.54) is 0 Å². The fourth-order valence-corrected chi connectivity index (χ4v) is 2.81. The van der Waals surface area contributed by atoms with Gasteiger partial charge in [-0.15, -0.1) is 0 Å². The van der Waals surface area contributed by atoms with Gasteiger partial charge in [-0.1, -0.05) is 6.92 Å². The first-order chi connectivity index (χ1) is 10.1. The Labute approximate surface area is 125 Å². The lowest BCUT2D eigenvalue weighted by atomic mass is 9.96. The van der Waals surface area contributed by atoms with E-state index < -0.39 is 17.7 Å². The van der Waals surface area contributed by atoms with Gasteiger partial charge in [-0.3, -0.25) is 0 Å². The molecule has 1 unspecified atom stereocenters. The molecule has 1 aliphatic rings. The Bertz CT molecular complexity index is 448.